The highest BCUT2D eigenvalue weighted by atomic mass is 32.2. The average Bonchev–Trinajstić information content (AvgIpc) is 2.37. The molecule has 1 aromatic carbocycles. The maximum absolute atomic E-state index is 12.5. The zero-order chi connectivity index (χ0) is 14.8. The van der Waals surface area contributed by atoms with Gasteiger partial charge in [0.15, 0.2) is 0 Å². The highest BCUT2D eigenvalue weighted by Crippen LogP contribution is 2.23. The van der Waals surface area contributed by atoms with Crippen LogP contribution < -0.4 is 4.72 Å². The molecule has 0 radical (unpaired) electrons. The monoisotopic (exact) mass is 292 g/mol. The summed E-state index contributed by atoms with van der Waals surface area (Å²) in [7, 11) is -3.54. The van der Waals surface area contributed by atoms with Gasteiger partial charge in [0.05, 0.1) is 5.52 Å². The molecule has 1 N–H and O–H groups in total. The lowest BCUT2D eigenvalue weighted by Crippen LogP contribution is -2.32. The number of sulfonamides is 1. The topological polar surface area (TPSA) is 59.1 Å². The van der Waals surface area contributed by atoms with Crippen LogP contribution in [0.5, 0.6) is 0 Å². The summed E-state index contributed by atoms with van der Waals surface area (Å²) in [6, 6.07) is 7.23. The predicted octanol–water partition coefficient (Wildman–Crippen LogP) is 3.01. The Bertz CT molecular complexity index is 711. The fourth-order valence-electron chi connectivity index (χ4n) is 2.33. The van der Waals surface area contributed by atoms with E-state index < -0.39 is 10.0 Å². The van der Waals surface area contributed by atoms with Crippen LogP contribution in [0.4, 0.5) is 0 Å². The quantitative estimate of drug-likeness (QED) is 0.921. The maximum Gasteiger partial charge on any atom is 0.242 e. The van der Waals surface area contributed by atoms with Gasteiger partial charge in [-0.15, -0.1) is 0 Å². The van der Waals surface area contributed by atoms with Gasteiger partial charge in [-0.2, -0.15) is 0 Å². The number of fused-ring (bicyclic) bond motifs is 1. The molecule has 0 aliphatic heterocycles. The molecule has 2 rings (SSSR count). The van der Waals surface area contributed by atoms with E-state index in [1.807, 2.05) is 39.0 Å². The second-order valence-corrected chi connectivity index (χ2v) is 6.83. The molecule has 5 heteroatoms. The standard InChI is InChI=1S/C15H20N2O2S/c1-4-6-12(3)17-20(18,19)14-10-11(2)9-13-7-5-8-16-15(13)14/h5,7-10,12,17H,4,6H2,1-3H3. The van der Waals surface area contributed by atoms with Crippen molar-refractivity contribution < 1.29 is 8.42 Å². The third-order valence-corrected chi connectivity index (χ3v) is 4.78. The van der Waals surface area contributed by atoms with Crippen LogP contribution in [-0.4, -0.2) is 19.4 Å². The van der Waals surface area contributed by atoms with E-state index in [0.29, 0.717) is 5.52 Å². The van der Waals surface area contributed by atoms with Crippen molar-refractivity contribution in [1.29, 1.82) is 0 Å². The van der Waals surface area contributed by atoms with E-state index in [1.165, 1.54) is 0 Å². The number of hydrogen-bond acceptors (Lipinski definition) is 3. The number of nitrogens with one attached hydrogen (secondary N) is 1. The van der Waals surface area contributed by atoms with Gasteiger partial charge >= 0.3 is 0 Å². The minimum Gasteiger partial charge on any atom is -0.255 e. The number of hydrogen-bond donors (Lipinski definition) is 1. The molecule has 1 heterocycles. The van der Waals surface area contributed by atoms with Crippen molar-refractivity contribution >= 4 is 20.9 Å². The van der Waals surface area contributed by atoms with E-state index in [0.717, 1.165) is 23.8 Å². The Morgan fingerprint density at radius 2 is 2.10 bits per heavy atom. The highest BCUT2D eigenvalue weighted by molar-refractivity contribution is 7.89. The van der Waals surface area contributed by atoms with Gasteiger partial charge in [0.2, 0.25) is 10.0 Å². The molecule has 0 saturated carbocycles. The second-order valence-electron chi connectivity index (χ2n) is 5.15. The van der Waals surface area contributed by atoms with E-state index in [9.17, 15) is 8.42 Å². The molecule has 20 heavy (non-hydrogen) atoms. The summed E-state index contributed by atoms with van der Waals surface area (Å²) in [4.78, 5) is 4.48. The fraction of sp³-hybridized carbons (Fsp3) is 0.400. The number of pyridine rings is 1. The highest BCUT2D eigenvalue weighted by Gasteiger charge is 2.20. The van der Waals surface area contributed by atoms with Crippen molar-refractivity contribution in [2.75, 3.05) is 0 Å². The smallest absolute Gasteiger partial charge is 0.242 e. The molecular formula is C15H20N2O2S. The summed E-state index contributed by atoms with van der Waals surface area (Å²) in [6.07, 6.45) is 3.37. The molecule has 0 bridgehead atoms. The Hall–Kier alpha value is -1.46. The number of nitrogens with zero attached hydrogens (tertiary/aromatic N) is 1. The molecule has 1 atom stereocenters. The zero-order valence-electron chi connectivity index (χ0n) is 12.1. The lowest BCUT2D eigenvalue weighted by atomic mass is 10.1. The summed E-state index contributed by atoms with van der Waals surface area (Å²) < 4.78 is 27.8. The number of aromatic nitrogens is 1. The zero-order valence-corrected chi connectivity index (χ0v) is 12.9. The molecule has 0 fully saturated rings. The van der Waals surface area contributed by atoms with Crippen LogP contribution in [0, 0.1) is 6.92 Å². The second kappa shape index (κ2) is 5.89. The minimum atomic E-state index is -3.54. The van der Waals surface area contributed by atoms with E-state index in [1.54, 1.807) is 12.3 Å². The van der Waals surface area contributed by atoms with E-state index in [2.05, 4.69) is 9.71 Å². The van der Waals surface area contributed by atoms with Crippen molar-refractivity contribution in [1.82, 2.24) is 9.71 Å². The van der Waals surface area contributed by atoms with Gasteiger partial charge in [0.25, 0.3) is 0 Å². The van der Waals surface area contributed by atoms with Gasteiger partial charge in [-0.1, -0.05) is 19.4 Å². The third kappa shape index (κ3) is 3.16. The molecule has 4 nitrogen and oxygen atoms in total. The molecule has 0 amide bonds. The van der Waals surface area contributed by atoms with E-state index >= 15 is 0 Å². The third-order valence-electron chi connectivity index (χ3n) is 3.18. The first-order valence-electron chi connectivity index (χ1n) is 6.81. The summed E-state index contributed by atoms with van der Waals surface area (Å²) >= 11 is 0. The number of rotatable bonds is 5. The lowest BCUT2D eigenvalue weighted by Gasteiger charge is -2.14. The van der Waals surface area contributed by atoms with Crippen molar-refractivity contribution in [3.8, 4) is 0 Å². The SMILES string of the molecule is CCCC(C)NS(=O)(=O)c1cc(C)cc2cccnc12. The summed E-state index contributed by atoms with van der Waals surface area (Å²) in [6.45, 7) is 5.81. The average molecular weight is 292 g/mol. The first-order valence-corrected chi connectivity index (χ1v) is 8.30. The molecule has 0 spiro atoms. The number of aryl methyl sites for hydroxylation is 1. The summed E-state index contributed by atoms with van der Waals surface area (Å²) in [5, 5.41) is 0.844. The lowest BCUT2D eigenvalue weighted by molar-refractivity contribution is 0.544. The fourth-order valence-corrected chi connectivity index (χ4v) is 3.87. The van der Waals surface area contributed by atoms with Gasteiger partial charge in [0, 0.05) is 17.6 Å². The van der Waals surface area contributed by atoms with Crippen LogP contribution in [0.1, 0.15) is 32.3 Å². The van der Waals surface area contributed by atoms with Crippen molar-refractivity contribution in [2.45, 2.75) is 44.6 Å². The van der Waals surface area contributed by atoms with E-state index in [4.69, 9.17) is 0 Å². The molecule has 0 saturated heterocycles. The normalized spacial score (nSPS) is 13.6. The Labute approximate surface area is 120 Å². The largest absolute Gasteiger partial charge is 0.255 e. The molecule has 1 aromatic heterocycles. The Balaban J connectivity index is 2.51. The van der Waals surface area contributed by atoms with Crippen molar-refractivity contribution in [3.63, 3.8) is 0 Å². The minimum absolute atomic E-state index is 0.0794. The Kier molecular flexibility index (Phi) is 4.40. The molecule has 0 aliphatic carbocycles. The van der Waals surface area contributed by atoms with E-state index in [-0.39, 0.29) is 10.9 Å². The van der Waals surface area contributed by atoms with Gasteiger partial charge in [0.1, 0.15) is 4.90 Å². The van der Waals surface area contributed by atoms with Gasteiger partial charge < -0.3 is 0 Å². The Morgan fingerprint density at radius 3 is 2.80 bits per heavy atom. The molecule has 108 valence electrons. The van der Waals surface area contributed by atoms with Gasteiger partial charge in [-0.05, 0) is 44.0 Å². The summed E-state index contributed by atoms with van der Waals surface area (Å²) in [5.74, 6) is 0. The van der Waals surface area contributed by atoms with Gasteiger partial charge in [-0.3, -0.25) is 4.98 Å². The van der Waals surface area contributed by atoms with Crippen LogP contribution in [0.15, 0.2) is 35.4 Å². The molecule has 2 aromatic rings. The van der Waals surface area contributed by atoms with Crippen LogP contribution >= 0.6 is 0 Å². The Morgan fingerprint density at radius 1 is 1.35 bits per heavy atom. The predicted molar refractivity (Wildman–Crippen MR) is 81.2 cm³/mol. The maximum atomic E-state index is 12.5. The molecule has 1 unspecified atom stereocenters. The first kappa shape index (κ1) is 14.9. The summed E-state index contributed by atoms with van der Waals surface area (Å²) in [5.41, 5.74) is 1.43. The van der Waals surface area contributed by atoms with Crippen LogP contribution in [0.3, 0.4) is 0 Å². The number of benzene rings is 1. The van der Waals surface area contributed by atoms with Crippen LogP contribution in [0.2, 0.25) is 0 Å². The molecule has 0 aliphatic rings. The van der Waals surface area contributed by atoms with Crippen LogP contribution in [0.25, 0.3) is 10.9 Å². The van der Waals surface area contributed by atoms with Gasteiger partial charge in [-0.25, -0.2) is 13.1 Å². The van der Waals surface area contributed by atoms with Crippen molar-refractivity contribution in [2.24, 2.45) is 0 Å². The van der Waals surface area contributed by atoms with Crippen molar-refractivity contribution in [3.05, 3.63) is 36.0 Å². The van der Waals surface area contributed by atoms with Crippen LogP contribution in [-0.2, 0) is 10.0 Å². The first-order chi connectivity index (χ1) is 9.44. The molecular weight excluding hydrogens is 272 g/mol.